The Kier molecular flexibility index (Phi) is 5.63. The Morgan fingerprint density at radius 3 is 2.50 bits per heavy atom. The van der Waals surface area contributed by atoms with Crippen LogP contribution in [-0.2, 0) is 6.42 Å². The number of likely N-dealkylation sites (N-methyl/N-ethyl adjacent to an activating group) is 1. The Morgan fingerprint density at radius 2 is 1.85 bits per heavy atom. The molecule has 0 spiro atoms. The summed E-state index contributed by atoms with van der Waals surface area (Å²) in [5.41, 5.74) is 4.06. The largest absolute Gasteiger partial charge is 0.316 e. The predicted molar refractivity (Wildman–Crippen MR) is 87.6 cm³/mol. The predicted octanol–water partition coefficient (Wildman–Crippen LogP) is 4.58. The van der Waals surface area contributed by atoms with Gasteiger partial charge in [-0.2, -0.15) is 0 Å². The fraction of sp³-hybridized carbons (Fsp3) is 0.333. The third kappa shape index (κ3) is 4.36. The molecular formula is C18H22ClN. The summed E-state index contributed by atoms with van der Waals surface area (Å²) in [5.74, 6) is 0.496. The summed E-state index contributed by atoms with van der Waals surface area (Å²) < 4.78 is 0. The molecule has 0 aliphatic rings. The Hall–Kier alpha value is -1.31. The number of benzene rings is 2. The quantitative estimate of drug-likeness (QED) is 0.820. The van der Waals surface area contributed by atoms with Gasteiger partial charge in [0.15, 0.2) is 0 Å². The van der Waals surface area contributed by atoms with Crippen LogP contribution in [0.4, 0.5) is 0 Å². The van der Waals surface area contributed by atoms with Gasteiger partial charge in [-0.05, 0) is 43.1 Å². The first-order chi connectivity index (χ1) is 9.69. The topological polar surface area (TPSA) is 12.0 Å². The van der Waals surface area contributed by atoms with E-state index in [1.807, 2.05) is 12.1 Å². The Labute approximate surface area is 127 Å². The number of nitrogens with one attached hydrogen (secondary N) is 1. The minimum Gasteiger partial charge on any atom is -0.316 e. The zero-order valence-corrected chi connectivity index (χ0v) is 13.0. The van der Waals surface area contributed by atoms with Gasteiger partial charge in [-0.1, -0.05) is 60.5 Å². The van der Waals surface area contributed by atoms with Gasteiger partial charge in [-0.3, -0.25) is 0 Å². The molecule has 0 heterocycles. The molecule has 0 amide bonds. The van der Waals surface area contributed by atoms with Crippen LogP contribution in [0.15, 0.2) is 48.5 Å². The maximum Gasteiger partial charge on any atom is 0.0406 e. The normalized spacial score (nSPS) is 12.3. The van der Waals surface area contributed by atoms with Crippen LogP contribution in [0.2, 0.25) is 5.02 Å². The van der Waals surface area contributed by atoms with E-state index in [9.17, 15) is 0 Å². The molecule has 0 saturated carbocycles. The highest BCUT2D eigenvalue weighted by molar-refractivity contribution is 6.30. The number of rotatable bonds is 6. The molecule has 1 unspecified atom stereocenters. The monoisotopic (exact) mass is 287 g/mol. The summed E-state index contributed by atoms with van der Waals surface area (Å²) >= 11 is 5.96. The second-order valence-electron chi connectivity index (χ2n) is 5.25. The molecule has 0 radical (unpaired) electrons. The highest BCUT2D eigenvalue weighted by Crippen LogP contribution is 2.22. The summed E-state index contributed by atoms with van der Waals surface area (Å²) in [7, 11) is 0. The second-order valence-corrected chi connectivity index (χ2v) is 5.69. The van der Waals surface area contributed by atoms with Crippen molar-refractivity contribution < 1.29 is 0 Å². The Balaban J connectivity index is 2.16. The van der Waals surface area contributed by atoms with E-state index < -0.39 is 0 Å². The Morgan fingerprint density at radius 1 is 1.10 bits per heavy atom. The van der Waals surface area contributed by atoms with Crippen molar-refractivity contribution in [3.63, 3.8) is 0 Å². The molecule has 0 fully saturated rings. The molecule has 0 saturated heterocycles. The van der Waals surface area contributed by atoms with Gasteiger partial charge in [0.1, 0.15) is 0 Å². The van der Waals surface area contributed by atoms with Crippen LogP contribution in [0.5, 0.6) is 0 Å². The number of aryl methyl sites for hydroxylation is 1. The highest BCUT2D eigenvalue weighted by Gasteiger charge is 2.12. The van der Waals surface area contributed by atoms with Gasteiger partial charge in [0.2, 0.25) is 0 Å². The van der Waals surface area contributed by atoms with Crippen molar-refractivity contribution >= 4 is 11.6 Å². The third-order valence-corrected chi connectivity index (χ3v) is 3.80. The molecule has 106 valence electrons. The molecule has 2 aromatic rings. The SMILES string of the molecule is CCNCC(Cc1ccc(Cl)cc1)c1cccc(C)c1. The van der Waals surface area contributed by atoms with Crippen LogP contribution in [-0.4, -0.2) is 13.1 Å². The smallest absolute Gasteiger partial charge is 0.0406 e. The van der Waals surface area contributed by atoms with Crippen LogP contribution in [0.1, 0.15) is 29.5 Å². The molecular weight excluding hydrogens is 266 g/mol. The van der Waals surface area contributed by atoms with Gasteiger partial charge in [-0.25, -0.2) is 0 Å². The number of hydrogen-bond donors (Lipinski definition) is 1. The molecule has 1 nitrogen and oxygen atoms in total. The van der Waals surface area contributed by atoms with Crippen molar-refractivity contribution in [2.24, 2.45) is 0 Å². The van der Waals surface area contributed by atoms with Crippen LogP contribution in [0.3, 0.4) is 0 Å². The molecule has 0 aliphatic heterocycles. The standard InChI is InChI=1S/C18H22ClN/c1-3-20-13-17(16-6-4-5-14(2)11-16)12-15-7-9-18(19)10-8-15/h4-11,17,20H,3,12-13H2,1-2H3. The molecule has 20 heavy (non-hydrogen) atoms. The average molecular weight is 288 g/mol. The van der Waals surface area contributed by atoms with E-state index in [-0.39, 0.29) is 0 Å². The molecule has 2 heteroatoms. The average Bonchev–Trinajstić information content (AvgIpc) is 2.45. The first kappa shape index (κ1) is 15.1. The van der Waals surface area contributed by atoms with Gasteiger partial charge in [-0.15, -0.1) is 0 Å². The lowest BCUT2D eigenvalue weighted by atomic mass is 9.91. The lowest BCUT2D eigenvalue weighted by Gasteiger charge is -2.18. The van der Waals surface area contributed by atoms with Gasteiger partial charge in [0.05, 0.1) is 0 Å². The van der Waals surface area contributed by atoms with E-state index in [1.54, 1.807) is 0 Å². The maximum atomic E-state index is 5.96. The highest BCUT2D eigenvalue weighted by atomic mass is 35.5. The van der Waals surface area contributed by atoms with Gasteiger partial charge in [0.25, 0.3) is 0 Å². The Bertz CT molecular complexity index is 533. The van der Waals surface area contributed by atoms with E-state index in [1.165, 1.54) is 16.7 Å². The first-order valence-electron chi connectivity index (χ1n) is 7.20. The minimum absolute atomic E-state index is 0.496. The van der Waals surface area contributed by atoms with Crippen LogP contribution >= 0.6 is 11.6 Å². The minimum atomic E-state index is 0.496. The summed E-state index contributed by atoms with van der Waals surface area (Å²) in [5, 5.41) is 4.27. The number of hydrogen-bond acceptors (Lipinski definition) is 1. The van der Waals surface area contributed by atoms with Crippen molar-refractivity contribution in [3.05, 3.63) is 70.2 Å². The lowest BCUT2D eigenvalue weighted by molar-refractivity contribution is 0.594. The first-order valence-corrected chi connectivity index (χ1v) is 7.58. The maximum absolute atomic E-state index is 5.96. The van der Waals surface area contributed by atoms with E-state index >= 15 is 0 Å². The van der Waals surface area contributed by atoms with Crippen LogP contribution in [0.25, 0.3) is 0 Å². The van der Waals surface area contributed by atoms with Gasteiger partial charge >= 0.3 is 0 Å². The molecule has 2 aromatic carbocycles. The lowest BCUT2D eigenvalue weighted by Crippen LogP contribution is -2.22. The molecule has 1 N–H and O–H groups in total. The summed E-state index contributed by atoms with van der Waals surface area (Å²) in [6.45, 7) is 6.30. The van der Waals surface area contributed by atoms with Crippen molar-refractivity contribution in [2.75, 3.05) is 13.1 Å². The fourth-order valence-corrected chi connectivity index (χ4v) is 2.58. The van der Waals surface area contributed by atoms with E-state index in [4.69, 9.17) is 11.6 Å². The molecule has 0 bridgehead atoms. The van der Waals surface area contributed by atoms with Crippen LogP contribution in [0, 0.1) is 6.92 Å². The van der Waals surface area contributed by atoms with Crippen molar-refractivity contribution in [1.29, 1.82) is 0 Å². The van der Waals surface area contributed by atoms with Gasteiger partial charge in [0, 0.05) is 17.5 Å². The third-order valence-electron chi connectivity index (χ3n) is 3.55. The summed E-state index contributed by atoms with van der Waals surface area (Å²) in [4.78, 5) is 0. The molecule has 2 rings (SSSR count). The molecule has 1 atom stereocenters. The van der Waals surface area contributed by atoms with Crippen LogP contribution < -0.4 is 5.32 Å². The van der Waals surface area contributed by atoms with E-state index in [0.717, 1.165) is 24.5 Å². The van der Waals surface area contributed by atoms with E-state index in [2.05, 4.69) is 55.6 Å². The summed E-state index contributed by atoms with van der Waals surface area (Å²) in [6.07, 6.45) is 1.04. The summed E-state index contributed by atoms with van der Waals surface area (Å²) in [6, 6.07) is 17.0. The van der Waals surface area contributed by atoms with Crippen molar-refractivity contribution in [2.45, 2.75) is 26.2 Å². The van der Waals surface area contributed by atoms with E-state index in [0.29, 0.717) is 5.92 Å². The molecule has 0 aromatic heterocycles. The second kappa shape index (κ2) is 7.47. The fourth-order valence-electron chi connectivity index (χ4n) is 2.46. The van der Waals surface area contributed by atoms with Crippen molar-refractivity contribution in [3.8, 4) is 0 Å². The zero-order chi connectivity index (χ0) is 14.4. The zero-order valence-electron chi connectivity index (χ0n) is 12.2. The molecule has 0 aliphatic carbocycles. The number of halogens is 1. The van der Waals surface area contributed by atoms with Crippen molar-refractivity contribution in [1.82, 2.24) is 5.32 Å². The van der Waals surface area contributed by atoms with Gasteiger partial charge < -0.3 is 5.32 Å².